The predicted octanol–water partition coefficient (Wildman–Crippen LogP) is 3.99. The Balaban J connectivity index is 1.65. The first-order chi connectivity index (χ1) is 16.3. The van der Waals surface area contributed by atoms with Crippen LogP contribution in [0.1, 0.15) is 54.9 Å². The molecule has 2 saturated heterocycles. The van der Waals surface area contributed by atoms with Crippen molar-refractivity contribution < 1.29 is 13.2 Å². The lowest BCUT2D eigenvalue weighted by molar-refractivity contribution is 0.102. The molecule has 0 spiro atoms. The van der Waals surface area contributed by atoms with E-state index < -0.39 is 10.0 Å². The van der Waals surface area contributed by atoms with E-state index in [1.54, 1.807) is 16.4 Å². The molecule has 2 fully saturated rings. The second-order valence-corrected chi connectivity index (χ2v) is 11.6. The fourth-order valence-corrected chi connectivity index (χ4v) is 6.11. The quantitative estimate of drug-likeness (QED) is 0.671. The fourth-order valence-electron chi connectivity index (χ4n) is 4.57. The van der Waals surface area contributed by atoms with E-state index in [0.717, 1.165) is 51.1 Å². The Hall–Kier alpha value is -2.42. The third kappa shape index (κ3) is 5.45. The molecule has 184 valence electrons. The second-order valence-electron chi connectivity index (χ2n) is 9.66. The summed E-state index contributed by atoms with van der Waals surface area (Å²) in [5.41, 5.74) is 3.13. The van der Waals surface area contributed by atoms with Gasteiger partial charge < -0.3 is 15.1 Å². The van der Waals surface area contributed by atoms with Crippen LogP contribution in [0.25, 0.3) is 0 Å². The van der Waals surface area contributed by atoms with Crippen LogP contribution in [-0.4, -0.2) is 69.8 Å². The minimum atomic E-state index is -3.60. The van der Waals surface area contributed by atoms with Crippen LogP contribution in [0.2, 0.25) is 0 Å². The molecule has 7 nitrogen and oxygen atoms in total. The van der Waals surface area contributed by atoms with Gasteiger partial charge in [0.05, 0.1) is 16.3 Å². The Morgan fingerprint density at radius 2 is 1.53 bits per heavy atom. The van der Waals surface area contributed by atoms with Crippen molar-refractivity contribution in [1.29, 1.82) is 0 Å². The van der Waals surface area contributed by atoms with Gasteiger partial charge in [-0.1, -0.05) is 32.4 Å². The molecule has 34 heavy (non-hydrogen) atoms. The highest BCUT2D eigenvalue weighted by atomic mass is 32.2. The minimum Gasteiger partial charge on any atom is -0.367 e. The van der Waals surface area contributed by atoms with Crippen molar-refractivity contribution in [2.45, 2.75) is 43.9 Å². The van der Waals surface area contributed by atoms with Crippen molar-refractivity contribution >= 4 is 27.3 Å². The van der Waals surface area contributed by atoms with Crippen LogP contribution in [0, 0.1) is 0 Å². The standard InChI is InChI=1S/C26H36N4O3S/c1-20(2)21-7-9-22(10-8-21)26(31)27-24-19-23(34(32,33)30-13-5-4-6-14-30)11-12-25(24)29-17-15-28(3)16-18-29/h7-12,19-20H,4-6,13-18H2,1-3H3,(H,27,31). The first-order valence-corrected chi connectivity index (χ1v) is 13.7. The summed E-state index contributed by atoms with van der Waals surface area (Å²) in [6.07, 6.45) is 2.83. The van der Waals surface area contributed by atoms with Crippen LogP contribution in [-0.2, 0) is 10.0 Å². The zero-order chi connectivity index (χ0) is 24.3. The number of sulfonamides is 1. The number of rotatable bonds is 6. The molecule has 2 aromatic carbocycles. The molecule has 0 radical (unpaired) electrons. The maximum atomic E-state index is 13.3. The Morgan fingerprint density at radius 1 is 0.882 bits per heavy atom. The zero-order valence-corrected chi connectivity index (χ0v) is 21.3. The number of hydrogen-bond acceptors (Lipinski definition) is 5. The Kier molecular flexibility index (Phi) is 7.60. The lowest BCUT2D eigenvalue weighted by Crippen LogP contribution is -2.44. The van der Waals surface area contributed by atoms with Gasteiger partial charge in [-0.25, -0.2) is 8.42 Å². The minimum absolute atomic E-state index is 0.234. The van der Waals surface area contributed by atoms with Crippen LogP contribution >= 0.6 is 0 Å². The van der Waals surface area contributed by atoms with Gasteiger partial charge in [0.15, 0.2) is 0 Å². The molecule has 8 heteroatoms. The lowest BCUT2D eigenvalue weighted by Gasteiger charge is -2.35. The van der Waals surface area contributed by atoms with Crippen LogP contribution in [0.15, 0.2) is 47.4 Å². The SMILES string of the molecule is CC(C)c1ccc(C(=O)Nc2cc(S(=O)(=O)N3CCCCC3)ccc2N2CCN(C)CC2)cc1. The highest BCUT2D eigenvalue weighted by Gasteiger charge is 2.28. The van der Waals surface area contributed by atoms with E-state index in [1.165, 1.54) is 5.56 Å². The molecular formula is C26H36N4O3S. The molecule has 2 heterocycles. The number of benzene rings is 2. The van der Waals surface area contributed by atoms with E-state index in [2.05, 4.69) is 36.0 Å². The third-order valence-electron chi connectivity index (χ3n) is 6.85. The molecule has 0 aliphatic carbocycles. The molecular weight excluding hydrogens is 448 g/mol. The van der Waals surface area contributed by atoms with E-state index in [0.29, 0.717) is 30.3 Å². The van der Waals surface area contributed by atoms with Gasteiger partial charge in [0.25, 0.3) is 5.91 Å². The maximum absolute atomic E-state index is 13.3. The largest absolute Gasteiger partial charge is 0.367 e. The summed E-state index contributed by atoms with van der Waals surface area (Å²) in [5, 5.41) is 3.02. The molecule has 2 aliphatic rings. The van der Waals surface area contributed by atoms with Crippen LogP contribution in [0.4, 0.5) is 11.4 Å². The topological polar surface area (TPSA) is 73.0 Å². The summed E-state index contributed by atoms with van der Waals surface area (Å²) in [6.45, 7) is 8.80. The summed E-state index contributed by atoms with van der Waals surface area (Å²) in [4.78, 5) is 17.9. The number of anilines is 2. The average molecular weight is 485 g/mol. The third-order valence-corrected chi connectivity index (χ3v) is 8.75. The number of amides is 1. The monoisotopic (exact) mass is 484 g/mol. The van der Waals surface area contributed by atoms with E-state index in [9.17, 15) is 13.2 Å². The Labute approximate surface area is 203 Å². The highest BCUT2D eigenvalue weighted by molar-refractivity contribution is 7.89. The van der Waals surface area contributed by atoms with Crippen LogP contribution < -0.4 is 10.2 Å². The Bertz CT molecular complexity index is 1100. The molecule has 0 bridgehead atoms. The molecule has 2 aliphatic heterocycles. The number of nitrogens with one attached hydrogen (secondary N) is 1. The number of carbonyl (C=O) groups is 1. The number of hydrogen-bond donors (Lipinski definition) is 1. The van der Waals surface area contributed by atoms with Crippen LogP contribution in [0.3, 0.4) is 0 Å². The van der Waals surface area contributed by atoms with Gasteiger partial charge in [-0.3, -0.25) is 4.79 Å². The van der Waals surface area contributed by atoms with E-state index >= 15 is 0 Å². The molecule has 2 aromatic rings. The van der Waals surface area contributed by atoms with Gasteiger partial charge in [-0.2, -0.15) is 4.31 Å². The van der Waals surface area contributed by atoms with Gasteiger partial charge >= 0.3 is 0 Å². The molecule has 1 N–H and O–H groups in total. The van der Waals surface area contributed by atoms with Crippen molar-refractivity contribution in [2.75, 3.05) is 56.5 Å². The number of piperazine rings is 1. The van der Waals surface area contributed by atoms with Gasteiger partial charge in [-0.15, -0.1) is 0 Å². The molecule has 0 aromatic heterocycles. The van der Waals surface area contributed by atoms with Gasteiger partial charge in [0, 0.05) is 44.8 Å². The first-order valence-electron chi connectivity index (χ1n) is 12.2. The summed E-state index contributed by atoms with van der Waals surface area (Å²) in [5.74, 6) is 0.149. The second kappa shape index (κ2) is 10.5. The van der Waals surface area contributed by atoms with E-state index in [-0.39, 0.29) is 10.8 Å². The van der Waals surface area contributed by atoms with E-state index in [4.69, 9.17) is 0 Å². The van der Waals surface area contributed by atoms with Gasteiger partial charge in [0.2, 0.25) is 10.0 Å². The summed E-state index contributed by atoms with van der Waals surface area (Å²) < 4.78 is 28.2. The number of piperidine rings is 1. The smallest absolute Gasteiger partial charge is 0.255 e. The normalized spacial score (nSPS) is 18.3. The molecule has 1 amide bonds. The summed E-state index contributed by atoms with van der Waals surface area (Å²) in [7, 11) is -1.51. The molecule has 0 saturated carbocycles. The van der Waals surface area contributed by atoms with Crippen molar-refractivity contribution in [3.63, 3.8) is 0 Å². The summed E-state index contributed by atoms with van der Waals surface area (Å²) >= 11 is 0. The molecule has 0 unspecified atom stereocenters. The zero-order valence-electron chi connectivity index (χ0n) is 20.5. The van der Waals surface area contributed by atoms with Crippen molar-refractivity contribution in [1.82, 2.24) is 9.21 Å². The number of carbonyl (C=O) groups excluding carboxylic acids is 1. The number of nitrogens with zero attached hydrogens (tertiary/aromatic N) is 3. The van der Waals surface area contributed by atoms with E-state index in [1.807, 2.05) is 30.3 Å². The lowest BCUT2D eigenvalue weighted by atomic mass is 10.0. The first kappa shape index (κ1) is 24.7. The average Bonchev–Trinajstić information content (AvgIpc) is 2.85. The van der Waals surface area contributed by atoms with Crippen molar-refractivity contribution in [2.24, 2.45) is 0 Å². The van der Waals surface area contributed by atoms with Crippen molar-refractivity contribution in [3.8, 4) is 0 Å². The number of likely N-dealkylation sites (N-methyl/N-ethyl adjacent to an activating group) is 1. The molecule has 4 rings (SSSR count). The van der Waals surface area contributed by atoms with Gasteiger partial charge in [0.1, 0.15) is 0 Å². The van der Waals surface area contributed by atoms with Gasteiger partial charge in [-0.05, 0) is 61.7 Å². The predicted molar refractivity (Wildman–Crippen MR) is 137 cm³/mol. The highest BCUT2D eigenvalue weighted by Crippen LogP contribution is 2.32. The van der Waals surface area contributed by atoms with Crippen LogP contribution in [0.5, 0.6) is 0 Å². The fraction of sp³-hybridized carbons (Fsp3) is 0.500. The summed E-state index contributed by atoms with van der Waals surface area (Å²) in [6, 6.07) is 12.8. The molecule has 0 atom stereocenters. The van der Waals surface area contributed by atoms with Crippen molar-refractivity contribution in [3.05, 3.63) is 53.6 Å². The Morgan fingerprint density at radius 3 is 2.15 bits per heavy atom. The maximum Gasteiger partial charge on any atom is 0.255 e.